The van der Waals surface area contributed by atoms with Crippen molar-refractivity contribution in [2.45, 2.75) is 17.3 Å². The van der Waals surface area contributed by atoms with Crippen LogP contribution in [0, 0.1) is 11.3 Å². The number of ether oxygens (including phenoxy) is 2. The summed E-state index contributed by atoms with van der Waals surface area (Å²) in [5.74, 6) is 2.93. The predicted octanol–water partition coefficient (Wildman–Crippen LogP) is 3.81. The minimum atomic E-state index is 0.647. The minimum Gasteiger partial charge on any atom is -0.490 e. The Morgan fingerprint density at radius 3 is 2.78 bits per heavy atom. The molecule has 0 saturated heterocycles. The van der Waals surface area contributed by atoms with Gasteiger partial charge in [-0.25, -0.2) is 0 Å². The zero-order valence-corrected chi connectivity index (χ0v) is 15.7. The maximum atomic E-state index is 9.23. The predicted molar refractivity (Wildman–Crippen MR) is 103 cm³/mol. The molecule has 6 nitrogen and oxygen atoms in total. The van der Waals surface area contributed by atoms with Crippen molar-refractivity contribution in [3.63, 3.8) is 0 Å². The number of hydrogen-bond acceptors (Lipinski definition) is 6. The van der Waals surface area contributed by atoms with Gasteiger partial charge in [0.1, 0.15) is 0 Å². The first-order valence-electron chi connectivity index (χ1n) is 8.66. The molecule has 1 aliphatic heterocycles. The van der Waals surface area contributed by atoms with E-state index >= 15 is 0 Å². The Morgan fingerprint density at radius 2 is 1.93 bits per heavy atom. The first-order valence-corrected chi connectivity index (χ1v) is 9.65. The largest absolute Gasteiger partial charge is 0.490 e. The Morgan fingerprint density at radius 1 is 1.11 bits per heavy atom. The van der Waals surface area contributed by atoms with E-state index in [2.05, 4.69) is 16.3 Å². The SMILES string of the molecule is Cn1c(SCc2ccccc2C#N)nnc1-c1ccc2c(c1)OCCCO2. The van der Waals surface area contributed by atoms with Gasteiger partial charge in [0, 0.05) is 24.8 Å². The molecule has 0 aliphatic carbocycles. The fraction of sp³-hybridized carbons (Fsp3) is 0.250. The van der Waals surface area contributed by atoms with E-state index in [0.29, 0.717) is 24.5 Å². The highest BCUT2D eigenvalue weighted by Gasteiger charge is 2.16. The van der Waals surface area contributed by atoms with Crippen molar-refractivity contribution in [2.24, 2.45) is 7.05 Å². The Labute approximate surface area is 161 Å². The molecule has 0 spiro atoms. The summed E-state index contributed by atoms with van der Waals surface area (Å²) >= 11 is 1.56. The summed E-state index contributed by atoms with van der Waals surface area (Å²) in [6.07, 6.45) is 0.874. The second kappa shape index (κ2) is 7.72. The third-order valence-corrected chi connectivity index (χ3v) is 5.40. The highest BCUT2D eigenvalue weighted by atomic mass is 32.2. The van der Waals surface area contributed by atoms with Crippen LogP contribution in [0.25, 0.3) is 11.4 Å². The summed E-state index contributed by atoms with van der Waals surface area (Å²) < 4.78 is 13.4. The number of thioether (sulfide) groups is 1. The zero-order chi connectivity index (χ0) is 18.6. The normalized spacial score (nSPS) is 13.0. The van der Waals surface area contributed by atoms with Crippen LogP contribution in [0.1, 0.15) is 17.5 Å². The second-order valence-corrected chi connectivity index (χ2v) is 7.08. The highest BCUT2D eigenvalue weighted by molar-refractivity contribution is 7.98. The molecule has 136 valence electrons. The molecule has 7 heteroatoms. The molecule has 2 aromatic carbocycles. The van der Waals surface area contributed by atoms with E-state index in [1.807, 2.05) is 54.1 Å². The van der Waals surface area contributed by atoms with Crippen LogP contribution in [-0.2, 0) is 12.8 Å². The third kappa shape index (κ3) is 3.62. The molecular weight excluding hydrogens is 360 g/mol. The van der Waals surface area contributed by atoms with Gasteiger partial charge >= 0.3 is 0 Å². The molecule has 0 radical (unpaired) electrons. The number of nitriles is 1. The second-order valence-electron chi connectivity index (χ2n) is 6.13. The third-order valence-electron chi connectivity index (χ3n) is 4.34. The quantitative estimate of drug-likeness (QED) is 0.643. The molecule has 3 aromatic rings. The summed E-state index contributed by atoms with van der Waals surface area (Å²) in [5.41, 5.74) is 2.61. The van der Waals surface area contributed by atoms with Crippen LogP contribution in [0.5, 0.6) is 11.5 Å². The number of benzene rings is 2. The van der Waals surface area contributed by atoms with Crippen LogP contribution >= 0.6 is 11.8 Å². The molecule has 0 saturated carbocycles. The van der Waals surface area contributed by atoms with Gasteiger partial charge in [-0.2, -0.15) is 5.26 Å². The lowest BCUT2D eigenvalue weighted by molar-refractivity contribution is 0.297. The van der Waals surface area contributed by atoms with E-state index in [0.717, 1.165) is 40.0 Å². The number of rotatable bonds is 4. The van der Waals surface area contributed by atoms with Crippen LogP contribution in [0.4, 0.5) is 0 Å². The van der Waals surface area contributed by atoms with Crippen molar-refractivity contribution in [3.05, 3.63) is 53.6 Å². The topological polar surface area (TPSA) is 73.0 Å². The van der Waals surface area contributed by atoms with Crippen molar-refractivity contribution < 1.29 is 9.47 Å². The van der Waals surface area contributed by atoms with Crippen LogP contribution in [0.15, 0.2) is 47.6 Å². The Bertz CT molecular complexity index is 1010. The van der Waals surface area contributed by atoms with Crippen LogP contribution in [0.2, 0.25) is 0 Å². The summed E-state index contributed by atoms with van der Waals surface area (Å²) in [5, 5.41) is 18.7. The molecule has 0 bridgehead atoms. The highest BCUT2D eigenvalue weighted by Crippen LogP contribution is 2.34. The van der Waals surface area contributed by atoms with E-state index in [9.17, 15) is 5.26 Å². The van der Waals surface area contributed by atoms with Gasteiger partial charge in [0.05, 0.1) is 24.8 Å². The smallest absolute Gasteiger partial charge is 0.191 e. The lowest BCUT2D eigenvalue weighted by Gasteiger charge is -2.09. The molecule has 2 heterocycles. The Hall–Kier alpha value is -2.98. The summed E-state index contributed by atoms with van der Waals surface area (Å²) in [6.45, 7) is 1.32. The molecule has 0 fully saturated rings. The van der Waals surface area contributed by atoms with Crippen molar-refractivity contribution in [1.82, 2.24) is 14.8 Å². The molecule has 0 atom stereocenters. The van der Waals surface area contributed by atoms with Gasteiger partial charge in [-0.15, -0.1) is 10.2 Å². The summed E-state index contributed by atoms with van der Waals surface area (Å²) in [4.78, 5) is 0. The van der Waals surface area contributed by atoms with Crippen molar-refractivity contribution in [1.29, 1.82) is 5.26 Å². The number of nitrogens with zero attached hydrogens (tertiary/aromatic N) is 4. The molecule has 0 N–H and O–H groups in total. The minimum absolute atomic E-state index is 0.647. The Balaban J connectivity index is 1.56. The average Bonchev–Trinajstić information content (AvgIpc) is 2.91. The zero-order valence-electron chi connectivity index (χ0n) is 14.9. The van der Waals surface area contributed by atoms with Crippen LogP contribution in [-0.4, -0.2) is 28.0 Å². The Kier molecular flexibility index (Phi) is 4.99. The van der Waals surface area contributed by atoms with Crippen molar-refractivity contribution in [3.8, 4) is 29.0 Å². The number of hydrogen-bond donors (Lipinski definition) is 0. The monoisotopic (exact) mass is 378 g/mol. The average molecular weight is 378 g/mol. The maximum absolute atomic E-state index is 9.23. The van der Waals surface area contributed by atoms with Crippen LogP contribution in [0.3, 0.4) is 0 Å². The van der Waals surface area contributed by atoms with Gasteiger partial charge in [0.25, 0.3) is 0 Å². The molecule has 1 aromatic heterocycles. The molecule has 0 amide bonds. The van der Waals surface area contributed by atoms with E-state index in [-0.39, 0.29) is 0 Å². The van der Waals surface area contributed by atoms with Crippen molar-refractivity contribution in [2.75, 3.05) is 13.2 Å². The first-order chi connectivity index (χ1) is 13.3. The van der Waals surface area contributed by atoms with E-state index in [1.165, 1.54) is 0 Å². The molecule has 0 unspecified atom stereocenters. The van der Waals surface area contributed by atoms with E-state index in [1.54, 1.807) is 11.8 Å². The molecule has 4 rings (SSSR count). The van der Waals surface area contributed by atoms with Gasteiger partial charge in [-0.05, 0) is 29.8 Å². The van der Waals surface area contributed by atoms with Gasteiger partial charge in [0.15, 0.2) is 22.5 Å². The standard InChI is InChI=1S/C20H18N4O2S/c1-24-19(14-7-8-17-18(11-14)26-10-4-9-25-17)22-23-20(24)27-13-16-6-3-2-5-15(16)12-21/h2-3,5-8,11H,4,9-10,13H2,1H3. The fourth-order valence-electron chi connectivity index (χ4n) is 2.89. The lowest BCUT2D eigenvalue weighted by Crippen LogP contribution is -1.97. The first kappa shape index (κ1) is 17.4. The number of aromatic nitrogens is 3. The van der Waals surface area contributed by atoms with Gasteiger partial charge < -0.3 is 14.0 Å². The molecule has 27 heavy (non-hydrogen) atoms. The maximum Gasteiger partial charge on any atom is 0.191 e. The van der Waals surface area contributed by atoms with E-state index in [4.69, 9.17) is 9.47 Å². The van der Waals surface area contributed by atoms with Crippen LogP contribution < -0.4 is 9.47 Å². The fourth-order valence-corrected chi connectivity index (χ4v) is 3.81. The summed E-state index contributed by atoms with van der Waals surface area (Å²) in [6, 6.07) is 15.7. The summed E-state index contributed by atoms with van der Waals surface area (Å²) in [7, 11) is 1.94. The lowest BCUT2D eigenvalue weighted by atomic mass is 10.1. The molecular formula is C20H18N4O2S. The van der Waals surface area contributed by atoms with Gasteiger partial charge in [0.2, 0.25) is 0 Å². The van der Waals surface area contributed by atoms with Crippen molar-refractivity contribution >= 4 is 11.8 Å². The van der Waals surface area contributed by atoms with Gasteiger partial charge in [-0.1, -0.05) is 30.0 Å². The molecule has 1 aliphatic rings. The van der Waals surface area contributed by atoms with Gasteiger partial charge in [-0.3, -0.25) is 0 Å². The van der Waals surface area contributed by atoms with E-state index < -0.39 is 0 Å². The number of fused-ring (bicyclic) bond motifs is 1.